The van der Waals surface area contributed by atoms with E-state index in [2.05, 4.69) is 16.5 Å². The van der Waals surface area contributed by atoms with E-state index in [1.54, 1.807) is 18.3 Å². The molecular formula is C15H20N2O2. The van der Waals surface area contributed by atoms with Crippen LogP contribution >= 0.6 is 0 Å². The molecule has 0 aliphatic heterocycles. The number of aromatic nitrogens is 2. The number of imidazole rings is 1. The van der Waals surface area contributed by atoms with Gasteiger partial charge in [-0.3, -0.25) is 0 Å². The molecule has 1 aromatic carbocycles. The molecule has 0 aliphatic carbocycles. The fourth-order valence-corrected chi connectivity index (χ4v) is 2.09. The topological polar surface area (TPSA) is 58.3 Å². The number of aliphatic hydroxyl groups is 1. The standard InChI is InChI=1S/C15H20N2O2/c1-2-3-4-15-16-9-13(11-18)17(15)10-12-5-7-14(19)8-6-12/h5-9,18-19H,2-4,10-11H2,1H3. The predicted molar refractivity (Wildman–Crippen MR) is 74.0 cm³/mol. The van der Waals surface area contributed by atoms with Gasteiger partial charge in [-0.15, -0.1) is 0 Å². The number of aliphatic hydroxyl groups excluding tert-OH is 1. The van der Waals surface area contributed by atoms with Crippen molar-refractivity contribution in [1.82, 2.24) is 9.55 Å². The molecule has 0 spiro atoms. The van der Waals surface area contributed by atoms with Crippen molar-refractivity contribution in [3.8, 4) is 5.75 Å². The first-order chi connectivity index (χ1) is 9.24. The summed E-state index contributed by atoms with van der Waals surface area (Å²) in [5.41, 5.74) is 1.92. The SMILES string of the molecule is CCCCc1ncc(CO)n1Cc1ccc(O)cc1. The highest BCUT2D eigenvalue weighted by Crippen LogP contribution is 2.15. The molecule has 1 heterocycles. The lowest BCUT2D eigenvalue weighted by Gasteiger charge is -2.11. The van der Waals surface area contributed by atoms with E-state index >= 15 is 0 Å². The summed E-state index contributed by atoms with van der Waals surface area (Å²) in [4.78, 5) is 4.39. The summed E-state index contributed by atoms with van der Waals surface area (Å²) in [7, 11) is 0. The highest BCUT2D eigenvalue weighted by Gasteiger charge is 2.09. The van der Waals surface area contributed by atoms with Gasteiger partial charge in [0.25, 0.3) is 0 Å². The van der Waals surface area contributed by atoms with E-state index in [-0.39, 0.29) is 12.4 Å². The maximum Gasteiger partial charge on any atom is 0.115 e. The van der Waals surface area contributed by atoms with Crippen LogP contribution in [0, 0.1) is 0 Å². The molecule has 0 saturated carbocycles. The van der Waals surface area contributed by atoms with Crippen molar-refractivity contribution in [3.05, 3.63) is 47.5 Å². The van der Waals surface area contributed by atoms with E-state index in [1.165, 1.54) is 0 Å². The highest BCUT2D eigenvalue weighted by atomic mass is 16.3. The van der Waals surface area contributed by atoms with Gasteiger partial charge in [0, 0.05) is 13.0 Å². The normalized spacial score (nSPS) is 10.8. The van der Waals surface area contributed by atoms with Gasteiger partial charge in [-0.25, -0.2) is 4.98 Å². The van der Waals surface area contributed by atoms with Gasteiger partial charge in [0.1, 0.15) is 11.6 Å². The van der Waals surface area contributed by atoms with Crippen LogP contribution in [0.4, 0.5) is 0 Å². The maximum atomic E-state index is 9.38. The molecule has 2 N–H and O–H groups in total. The Labute approximate surface area is 113 Å². The number of aromatic hydroxyl groups is 1. The average Bonchev–Trinajstić information content (AvgIpc) is 2.81. The average molecular weight is 260 g/mol. The van der Waals surface area contributed by atoms with Gasteiger partial charge in [-0.1, -0.05) is 25.5 Å². The van der Waals surface area contributed by atoms with Crippen molar-refractivity contribution in [3.63, 3.8) is 0 Å². The second-order valence-electron chi connectivity index (χ2n) is 4.68. The molecule has 0 radical (unpaired) electrons. The molecule has 0 fully saturated rings. The zero-order valence-corrected chi connectivity index (χ0v) is 11.2. The third kappa shape index (κ3) is 3.35. The number of rotatable bonds is 6. The monoisotopic (exact) mass is 260 g/mol. The molecule has 0 amide bonds. The summed E-state index contributed by atoms with van der Waals surface area (Å²) in [6.45, 7) is 2.83. The van der Waals surface area contributed by atoms with Crippen LogP contribution in [0.25, 0.3) is 0 Å². The molecule has 19 heavy (non-hydrogen) atoms. The maximum absolute atomic E-state index is 9.38. The third-order valence-electron chi connectivity index (χ3n) is 3.21. The van der Waals surface area contributed by atoms with Crippen LogP contribution < -0.4 is 0 Å². The largest absolute Gasteiger partial charge is 0.508 e. The number of aryl methyl sites for hydroxylation is 1. The smallest absolute Gasteiger partial charge is 0.115 e. The van der Waals surface area contributed by atoms with E-state index < -0.39 is 0 Å². The lowest BCUT2D eigenvalue weighted by Crippen LogP contribution is -2.09. The Morgan fingerprint density at radius 2 is 1.95 bits per heavy atom. The summed E-state index contributed by atoms with van der Waals surface area (Å²) in [5, 5.41) is 18.7. The van der Waals surface area contributed by atoms with Crippen LogP contribution in [-0.4, -0.2) is 19.8 Å². The number of benzene rings is 1. The number of unbranched alkanes of at least 4 members (excludes halogenated alkanes) is 1. The zero-order chi connectivity index (χ0) is 13.7. The van der Waals surface area contributed by atoms with E-state index in [0.717, 1.165) is 36.3 Å². The molecular weight excluding hydrogens is 240 g/mol. The predicted octanol–water partition coefficient (Wildman–Crippen LogP) is 2.47. The molecule has 0 bridgehead atoms. The summed E-state index contributed by atoms with van der Waals surface area (Å²) in [6.07, 6.45) is 4.89. The minimum Gasteiger partial charge on any atom is -0.508 e. The first-order valence-corrected chi connectivity index (χ1v) is 6.66. The molecule has 0 unspecified atom stereocenters. The molecule has 102 valence electrons. The number of hydrogen-bond acceptors (Lipinski definition) is 3. The molecule has 4 heteroatoms. The number of phenolic OH excluding ortho intramolecular Hbond substituents is 1. The van der Waals surface area contributed by atoms with Crippen LogP contribution in [0.2, 0.25) is 0 Å². The second-order valence-corrected chi connectivity index (χ2v) is 4.68. The quantitative estimate of drug-likeness (QED) is 0.839. The van der Waals surface area contributed by atoms with Gasteiger partial charge >= 0.3 is 0 Å². The minimum atomic E-state index is -0.00277. The van der Waals surface area contributed by atoms with Gasteiger partial charge in [0.05, 0.1) is 18.5 Å². The summed E-state index contributed by atoms with van der Waals surface area (Å²) in [5.74, 6) is 1.28. The molecule has 4 nitrogen and oxygen atoms in total. The van der Waals surface area contributed by atoms with Crippen LogP contribution in [-0.2, 0) is 19.6 Å². The molecule has 2 aromatic rings. The Bertz CT molecular complexity index is 517. The van der Waals surface area contributed by atoms with Gasteiger partial charge < -0.3 is 14.8 Å². The lowest BCUT2D eigenvalue weighted by molar-refractivity contribution is 0.271. The first kappa shape index (κ1) is 13.6. The van der Waals surface area contributed by atoms with E-state index in [9.17, 15) is 10.2 Å². The van der Waals surface area contributed by atoms with Crippen molar-refractivity contribution in [1.29, 1.82) is 0 Å². The van der Waals surface area contributed by atoms with Crippen molar-refractivity contribution < 1.29 is 10.2 Å². The van der Waals surface area contributed by atoms with Gasteiger partial charge in [0.2, 0.25) is 0 Å². The summed E-state index contributed by atoms with van der Waals surface area (Å²) in [6, 6.07) is 7.13. The van der Waals surface area contributed by atoms with Crippen molar-refractivity contribution in [2.24, 2.45) is 0 Å². The third-order valence-corrected chi connectivity index (χ3v) is 3.21. The minimum absolute atomic E-state index is 0.00277. The van der Waals surface area contributed by atoms with Crippen molar-refractivity contribution in [2.75, 3.05) is 0 Å². The van der Waals surface area contributed by atoms with Crippen LogP contribution in [0.1, 0.15) is 36.8 Å². The fourth-order valence-electron chi connectivity index (χ4n) is 2.09. The summed E-state index contributed by atoms with van der Waals surface area (Å²) < 4.78 is 2.06. The Kier molecular flexibility index (Phi) is 4.58. The van der Waals surface area contributed by atoms with Crippen molar-refractivity contribution in [2.45, 2.75) is 39.3 Å². The van der Waals surface area contributed by atoms with Crippen LogP contribution in [0.5, 0.6) is 5.75 Å². The summed E-state index contributed by atoms with van der Waals surface area (Å²) >= 11 is 0. The fraction of sp³-hybridized carbons (Fsp3) is 0.400. The molecule has 0 aliphatic rings. The molecule has 2 rings (SSSR count). The van der Waals surface area contributed by atoms with Crippen LogP contribution in [0.3, 0.4) is 0 Å². The molecule has 0 saturated heterocycles. The Morgan fingerprint density at radius 3 is 2.58 bits per heavy atom. The Morgan fingerprint density at radius 1 is 1.21 bits per heavy atom. The van der Waals surface area contributed by atoms with E-state index in [1.807, 2.05) is 12.1 Å². The Balaban J connectivity index is 2.21. The van der Waals surface area contributed by atoms with Crippen LogP contribution in [0.15, 0.2) is 30.5 Å². The molecule has 0 atom stereocenters. The first-order valence-electron chi connectivity index (χ1n) is 6.66. The molecule has 1 aromatic heterocycles. The number of nitrogens with zero attached hydrogens (tertiary/aromatic N) is 2. The van der Waals surface area contributed by atoms with Gasteiger partial charge in [-0.05, 0) is 24.1 Å². The zero-order valence-electron chi connectivity index (χ0n) is 11.2. The Hall–Kier alpha value is -1.81. The number of hydrogen-bond donors (Lipinski definition) is 2. The lowest BCUT2D eigenvalue weighted by atomic mass is 10.2. The second kappa shape index (κ2) is 6.38. The van der Waals surface area contributed by atoms with E-state index in [4.69, 9.17) is 0 Å². The van der Waals surface area contributed by atoms with Crippen molar-refractivity contribution >= 4 is 0 Å². The number of phenols is 1. The van der Waals surface area contributed by atoms with E-state index in [0.29, 0.717) is 6.54 Å². The highest BCUT2D eigenvalue weighted by molar-refractivity contribution is 5.26. The van der Waals surface area contributed by atoms with Gasteiger partial charge in [0.15, 0.2) is 0 Å². The van der Waals surface area contributed by atoms with Gasteiger partial charge in [-0.2, -0.15) is 0 Å².